The molecule has 1 aromatic carbocycles. The first-order valence-electron chi connectivity index (χ1n) is 8.20. The number of carbonyl (C=O) groups excluding carboxylic acids is 2. The molecule has 0 aliphatic carbocycles. The molecule has 2 amide bonds. The predicted octanol–water partition coefficient (Wildman–Crippen LogP) is 2.78. The largest absolute Gasteiger partial charge is 0.326 e. The Morgan fingerprint density at radius 3 is 2.56 bits per heavy atom. The molecular weight excluding hydrogens is 351 g/mol. The van der Waals surface area contributed by atoms with E-state index in [2.05, 4.69) is 25.9 Å². The minimum atomic E-state index is -0.615. The maximum absolute atomic E-state index is 14.0. The standard InChI is InChI=1S/C18H19FN6O2/c1-9-17(10(2)25(4)24-9)15-8-16(23-22-15)18(27)21-14-7-12(20-11(3)26)5-6-13(14)19/h5-8H,1-4H3,(H,20,26)(H,21,27)(H,22,23). The molecule has 0 radical (unpaired) electrons. The molecule has 0 saturated heterocycles. The summed E-state index contributed by atoms with van der Waals surface area (Å²) in [5.41, 5.74) is 3.64. The first-order valence-corrected chi connectivity index (χ1v) is 8.20. The molecule has 0 aliphatic heterocycles. The lowest BCUT2D eigenvalue weighted by molar-refractivity contribution is -0.114. The minimum Gasteiger partial charge on any atom is -0.326 e. The van der Waals surface area contributed by atoms with Gasteiger partial charge in [0.2, 0.25) is 5.91 Å². The molecule has 27 heavy (non-hydrogen) atoms. The van der Waals surface area contributed by atoms with E-state index in [0.717, 1.165) is 17.0 Å². The van der Waals surface area contributed by atoms with Crippen LogP contribution in [0.25, 0.3) is 11.3 Å². The normalized spacial score (nSPS) is 10.7. The molecule has 9 heteroatoms. The summed E-state index contributed by atoms with van der Waals surface area (Å²) in [4.78, 5) is 23.6. The highest BCUT2D eigenvalue weighted by Crippen LogP contribution is 2.26. The van der Waals surface area contributed by atoms with Crippen molar-refractivity contribution in [1.82, 2.24) is 20.0 Å². The second kappa shape index (κ2) is 7.02. The number of nitrogens with one attached hydrogen (secondary N) is 3. The lowest BCUT2D eigenvalue weighted by Crippen LogP contribution is -2.14. The van der Waals surface area contributed by atoms with E-state index in [4.69, 9.17) is 0 Å². The third kappa shape index (κ3) is 3.71. The van der Waals surface area contributed by atoms with Crippen molar-refractivity contribution >= 4 is 23.2 Å². The number of H-pyrrole nitrogens is 1. The molecule has 2 aromatic heterocycles. The van der Waals surface area contributed by atoms with Crippen LogP contribution in [0.3, 0.4) is 0 Å². The summed E-state index contributed by atoms with van der Waals surface area (Å²) < 4.78 is 15.7. The summed E-state index contributed by atoms with van der Waals surface area (Å²) in [5, 5.41) is 16.2. The highest BCUT2D eigenvalue weighted by atomic mass is 19.1. The molecule has 3 rings (SSSR count). The Hall–Kier alpha value is -3.49. The summed E-state index contributed by atoms with van der Waals surface area (Å²) in [7, 11) is 1.83. The fraction of sp³-hybridized carbons (Fsp3) is 0.222. The van der Waals surface area contributed by atoms with Crippen molar-refractivity contribution in [3.63, 3.8) is 0 Å². The Kier molecular flexibility index (Phi) is 4.76. The summed E-state index contributed by atoms with van der Waals surface area (Å²) in [6.45, 7) is 5.11. The van der Waals surface area contributed by atoms with Crippen LogP contribution in [0, 0.1) is 19.7 Å². The number of hydrogen-bond donors (Lipinski definition) is 3. The van der Waals surface area contributed by atoms with Crippen LogP contribution in [0.2, 0.25) is 0 Å². The first-order chi connectivity index (χ1) is 12.8. The van der Waals surface area contributed by atoms with Crippen LogP contribution in [0.4, 0.5) is 15.8 Å². The van der Waals surface area contributed by atoms with E-state index in [9.17, 15) is 14.0 Å². The molecular formula is C18H19FN6O2. The van der Waals surface area contributed by atoms with Gasteiger partial charge in [-0.3, -0.25) is 19.4 Å². The van der Waals surface area contributed by atoms with Gasteiger partial charge in [0.1, 0.15) is 11.5 Å². The van der Waals surface area contributed by atoms with Gasteiger partial charge in [-0.25, -0.2) is 4.39 Å². The summed E-state index contributed by atoms with van der Waals surface area (Å²) in [5.74, 6) is -1.46. The molecule has 0 aliphatic rings. The van der Waals surface area contributed by atoms with Gasteiger partial charge in [0, 0.05) is 30.9 Å². The molecule has 140 valence electrons. The smallest absolute Gasteiger partial charge is 0.273 e. The Morgan fingerprint density at radius 1 is 1.19 bits per heavy atom. The second-order valence-corrected chi connectivity index (χ2v) is 6.17. The second-order valence-electron chi connectivity index (χ2n) is 6.17. The molecule has 3 N–H and O–H groups in total. The first kappa shape index (κ1) is 18.3. The van der Waals surface area contributed by atoms with Gasteiger partial charge >= 0.3 is 0 Å². The molecule has 3 aromatic rings. The minimum absolute atomic E-state index is 0.0452. The van der Waals surface area contributed by atoms with Crippen molar-refractivity contribution in [3.05, 3.63) is 47.2 Å². The lowest BCUT2D eigenvalue weighted by atomic mass is 10.1. The zero-order valence-electron chi connectivity index (χ0n) is 15.3. The number of halogens is 1. The number of nitrogens with zero attached hydrogens (tertiary/aromatic N) is 3. The zero-order valence-corrected chi connectivity index (χ0v) is 15.3. The average molecular weight is 370 g/mol. The fourth-order valence-electron chi connectivity index (χ4n) is 2.80. The molecule has 8 nitrogen and oxygen atoms in total. The number of hydrogen-bond acceptors (Lipinski definition) is 4. The quantitative estimate of drug-likeness (QED) is 0.657. The van der Waals surface area contributed by atoms with E-state index >= 15 is 0 Å². The number of carbonyl (C=O) groups is 2. The molecule has 0 bridgehead atoms. The van der Waals surface area contributed by atoms with Crippen molar-refractivity contribution in [2.24, 2.45) is 7.05 Å². The van der Waals surface area contributed by atoms with Gasteiger partial charge in [-0.05, 0) is 38.1 Å². The molecule has 0 unspecified atom stereocenters. The van der Waals surface area contributed by atoms with Crippen LogP contribution in [0.5, 0.6) is 0 Å². The van der Waals surface area contributed by atoms with Gasteiger partial charge in [-0.15, -0.1) is 0 Å². The number of rotatable bonds is 4. The average Bonchev–Trinajstić information content (AvgIpc) is 3.15. The Bertz CT molecular complexity index is 1040. The highest BCUT2D eigenvalue weighted by molar-refractivity contribution is 6.04. The van der Waals surface area contributed by atoms with Gasteiger partial charge in [-0.1, -0.05) is 0 Å². The van der Waals surface area contributed by atoms with Crippen LogP contribution in [0.15, 0.2) is 24.3 Å². The predicted molar refractivity (Wildman–Crippen MR) is 98.9 cm³/mol. The van der Waals surface area contributed by atoms with E-state index < -0.39 is 11.7 Å². The van der Waals surface area contributed by atoms with Crippen LogP contribution in [-0.2, 0) is 11.8 Å². The fourth-order valence-corrected chi connectivity index (χ4v) is 2.80. The number of amides is 2. The maximum Gasteiger partial charge on any atom is 0.273 e. The molecule has 0 saturated carbocycles. The number of benzene rings is 1. The van der Waals surface area contributed by atoms with Gasteiger partial charge in [0.05, 0.1) is 17.1 Å². The summed E-state index contributed by atoms with van der Waals surface area (Å²) >= 11 is 0. The topological polar surface area (TPSA) is 105 Å². The Morgan fingerprint density at radius 2 is 1.93 bits per heavy atom. The van der Waals surface area contributed by atoms with Crippen LogP contribution in [0.1, 0.15) is 28.8 Å². The Balaban J connectivity index is 1.84. The van der Waals surface area contributed by atoms with Crippen molar-refractivity contribution in [3.8, 4) is 11.3 Å². The summed E-state index contributed by atoms with van der Waals surface area (Å²) in [6, 6.07) is 5.51. The van der Waals surface area contributed by atoms with Crippen molar-refractivity contribution in [2.45, 2.75) is 20.8 Å². The van der Waals surface area contributed by atoms with Crippen LogP contribution < -0.4 is 10.6 Å². The highest BCUT2D eigenvalue weighted by Gasteiger charge is 2.18. The maximum atomic E-state index is 14.0. The van der Waals surface area contributed by atoms with Gasteiger partial charge < -0.3 is 10.6 Å². The van der Waals surface area contributed by atoms with Crippen molar-refractivity contribution in [1.29, 1.82) is 0 Å². The number of anilines is 2. The molecule has 2 heterocycles. The van der Waals surface area contributed by atoms with Crippen molar-refractivity contribution in [2.75, 3.05) is 10.6 Å². The van der Waals surface area contributed by atoms with Gasteiger partial charge in [-0.2, -0.15) is 10.2 Å². The number of aromatic amines is 1. The number of aryl methyl sites for hydroxylation is 2. The van der Waals surface area contributed by atoms with E-state index in [0.29, 0.717) is 11.4 Å². The SMILES string of the molecule is CC(=O)Nc1ccc(F)c(NC(=O)c2cc(-c3c(C)nn(C)c3C)n[nH]2)c1. The Labute approximate surface area is 154 Å². The van der Waals surface area contributed by atoms with E-state index in [-0.39, 0.29) is 17.3 Å². The zero-order chi connectivity index (χ0) is 19.7. The van der Waals surface area contributed by atoms with E-state index in [1.807, 2.05) is 20.9 Å². The van der Waals surface area contributed by atoms with Crippen molar-refractivity contribution < 1.29 is 14.0 Å². The van der Waals surface area contributed by atoms with E-state index in [1.165, 1.54) is 25.1 Å². The molecule has 0 atom stereocenters. The third-order valence-electron chi connectivity index (χ3n) is 4.12. The van der Waals surface area contributed by atoms with Crippen LogP contribution in [-0.4, -0.2) is 31.8 Å². The lowest BCUT2D eigenvalue weighted by Gasteiger charge is -2.08. The van der Waals surface area contributed by atoms with E-state index in [1.54, 1.807) is 10.7 Å². The van der Waals surface area contributed by atoms with Crippen LogP contribution >= 0.6 is 0 Å². The van der Waals surface area contributed by atoms with Gasteiger partial charge in [0.15, 0.2) is 0 Å². The molecule has 0 fully saturated rings. The number of aromatic nitrogens is 4. The van der Waals surface area contributed by atoms with Gasteiger partial charge in [0.25, 0.3) is 5.91 Å². The summed E-state index contributed by atoms with van der Waals surface area (Å²) in [6.07, 6.45) is 0. The monoisotopic (exact) mass is 370 g/mol. The third-order valence-corrected chi connectivity index (χ3v) is 4.12. The molecule has 0 spiro atoms.